The molecule has 20 heavy (non-hydrogen) atoms. The maximum Gasteiger partial charge on any atom is 0.170 e. The number of rotatable bonds is 6. The summed E-state index contributed by atoms with van der Waals surface area (Å²) in [4.78, 5) is 0. The van der Waals surface area contributed by atoms with Crippen molar-refractivity contribution >= 4 is 23.0 Å². The van der Waals surface area contributed by atoms with Crippen LogP contribution in [0.15, 0.2) is 47.1 Å². The highest BCUT2D eigenvalue weighted by Gasteiger charge is 1.99. The van der Waals surface area contributed by atoms with Gasteiger partial charge in [-0.3, -0.25) is 0 Å². The van der Waals surface area contributed by atoms with Gasteiger partial charge in [-0.15, -0.1) is 0 Å². The van der Waals surface area contributed by atoms with Gasteiger partial charge in [0.25, 0.3) is 0 Å². The summed E-state index contributed by atoms with van der Waals surface area (Å²) < 4.78 is 10.4. The lowest BCUT2D eigenvalue weighted by Gasteiger charge is -2.10. The molecule has 0 radical (unpaired) electrons. The van der Waals surface area contributed by atoms with Gasteiger partial charge in [0.15, 0.2) is 5.11 Å². The second-order valence-electron chi connectivity index (χ2n) is 4.29. The van der Waals surface area contributed by atoms with Crippen molar-refractivity contribution in [2.75, 3.05) is 19.0 Å². The van der Waals surface area contributed by atoms with Gasteiger partial charge in [0.1, 0.15) is 11.5 Å². The first-order valence-electron chi connectivity index (χ1n) is 6.49. The summed E-state index contributed by atoms with van der Waals surface area (Å²) in [5.41, 5.74) is 0.939. The Hall–Kier alpha value is -2.01. The highest BCUT2D eigenvalue weighted by Crippen LogP contribution is 2.14. The molecule has 1 aromatic carbocycles. The minimum Gasteiger partial charge on any atom is -0.497 e. The minimum atomic E-state index is 0.620. The minimum absolute atomic E-state index is 0.620. The van der Waals surface area contributed by atoms with E-state index in [0.717, 1.165) is 36.6 Å². The average molecular weight is 290 g/mol. The van der Waals surface area contributed by atoms with Gasteiger partial charge in [0.05, 0.1) is 13.4 Å². The zero-order valence-corrected chi connectivity index (χ0v) is 12.2. The highest BCUT2D eigenvalue weighted by molar-refractivity contribution is 7.80. The first-order chi connectivity index (χ1) is 9.78. The van der Waals surface area contributed by atoms with Gasteiger partial charge in [-0.05, 0) is 55.0 Å². The topological polar surface area (TPSA) is 46.4 Å². The largest absolute Gasteiger partial charge is 0.497 e. The third kappa shape index (κ3) is 4.59. The van der Waals surface area contributed by atoms with Gasteiger partial charge >= 0.3 is 0 Å². The summed E-state index contributed by atoms with van der Waals surface area (Å²) in [6.07, 6.45) is 3.57. The van der Waals surface area contributed by atoms with Crippen LogP contribution in [0.4, 0.5) is 5.69 Å². The van der Waals surface area contributed by atoms with Crippen molar-refractivity contribution in [1.29, 1.82) is 0 Å². The molecule has 0 amide bonds. The number of aryl methyl sites for hydroxylation is 1. The highest BCUT2D eigenvalue weighted by atomic mass is 32.1. The van der Waals surface area contributed by atoms with Gasteiger partial charge < -0.3 is 19.8 Å². The Morgan fingerprint density at radius 2 is 2.05 bits per heavy atom. The Labute approximate surface area is 124 Å². The van der Waals surface area contributed by atoms with Crippen LogP contribution in [0, 0.1) is 0 Å². The van der Waals surface area contributed by atoms with E-state index in [1.54, 1.807) is 13.4 Å². The third-order valence-electron chi connectivity index (χ3n) is 2.81. The van der Waals surface area contributed by atoms with Crippen LogP contribution < -0.4 is 15.4 Å². The number of thiocarbonyl (C=S) groups is 1. The van der Waals surface area contributed by atoms with Crippen molar-refractivity contribution in [3.05, 3.63) is 48.4 Å². The van der Waals surface area contributed by atoms with Gasteiger partial charge in [-0.25, -0.2) is 0 Å². The van der Waals surface area contributed by atoms with E-state index in [0.29, 0.717) is 5.11 Å². The molecule has 0 unspecified atom stereocenters. The molecule has 1 heterocycles. The van der Waals surface area contributed by atoms with Crippen LogP contribution in [-0.4, -0.2) is 18.8 Å². The van der Waals surface area contributed by atoms with Gasteiger partial charge in [-0.2, -0.15) is 0 Å². The van der Waals surface area contributed by atoms with Gasteiger partial charge in [-0.1, -0.05) is 0 Å². The number of anilines is 1. The van der Waals surface area contributed by atoms with Crippen LogP contribution in [0.25, 0.3) is 0 Å². The Morgan fingerprint density at radius 3 is 2.70 bits per heavy atom. The lowest BCUT2D eigenvalue weighted by molar-refractivity contribution is 0.415. The Balaban J connectivity index is 1.66. The number of furan rings is 1. The molecule has 0 bridgehead atoms. The van der Waals surface area contributed by atoms with E-state index in [-0.39, 0.29) is 0 Å². The molecule has 0 aliphatic carbocycles. The van der Waals surface area contributed by atoms with Gasteiger partial charge in [0.2, 0.25) is 0 Å². The smallest absolute Gasteiger partial charge is 0.170 e. The second-order valence-corrected chi connectivity index (χ2v) is 4.70. The predicted molar refractivity (Wildman–Crippen MR) is 84.2 cm³/mol. The molecule has 2 N–H and O–H groups in total. The van der Waals surface area contributed by atoms with E-state index < -0.39 is 0 Å². The lowest BCUT2D eigenvalue weighted by atomic mass is 10.2. The summed E-state index contributed by atoms with van der Waals surface area (Å²) in [7, 11) is 1.65. The monoisotopic (exact) mass is 290 g/mol. The van der Waals surface area contributed by atoms with Crippen LogP contribution in [0.3, 0.4) is 0 Å². The third-order valence-corrected chi connectivity index (χ3v) is 3.06. The average Bonchev–Trinajstić information content (AvgIpc) is 2.98. The number of hydrogen-bond donors (Lipinski definition) is 2. The molecule has 0 aliphatic heterocycles. The Bertz CT molecular complexity index is 523. The normalized spacial score (nSPS) is 10.1. The van der Waals surface area contributed by atoms with Crippen LogP contribution in [0.1, 0.15) is 12.2 Å². The number of ether oxygens (including phenoxy) is 1. The second kappa shape index (κ2) is 7.55. The fourth-order valence-electron chi connectivity index (χ4n) is 1.77. The molecule has 2 rings (SSSR count). The van der Waals surface area contributed by atoms with Crippen LogP contribution in [-0.2, 0) is 6.42 Å². The summed E-state index contributed by atoms with van der Waals surface area (Å²) >= 11 is 5.23. The molecular weight excluding hydrogens is 272 g/mol. The molecule has 0 saturated carbocycles. The predicted octanol–water partition coefficient (Wildman–Crippen LogP) is 3.21. The Morgan fingerprint density at radius 1 is 1.25 bits per heavy atom. The van der Waals surface area contributed by atoms with E-state index in [4.69, 9.17) is 21.4 Å². The van der Waals surface area contributed by atoms with Crippen molar-refractivity contribution in [2.24, 2.45) is 0 Å². The fourth-order valence-corrected chi connectivity index (χ4v) is 1.99. The summed E-state index contributed by atoms with van der Waals surface area (Å²) in [5, 5.41) is 6.92. The summed E-state index contributed by atoms with van der Waals surface area (Å²) in [6.45, 7) is 0.808. The van der Waals surface area contributed by atoms with Crippen molar-refractivity contribution in [3.8, 4) is 5.75 Å². The molecule has 4 nitrogen and oxygen atoms in total. The zero-order valence-electron chi connectivity index (χ0n) is 11.4. The van der Waals surface area contributed by atoms with Crippen molar-refractivity contribution in [1.82, 2.24) is 5.32 Å². The first-order valence-corrected chi connectivity index (χ1v) is 6.90. The van der Waals surface area contributed by atoms with E-state index in [1.165, 1.54) is 0 Å². The molecular formula is C15H18N2O2S. The standard InChI is InChI=1S/C15H18N2O2S/c1-18-13-8-6-12(7-9-13)17-15(20)16-10-2-4-14-5-3-11-19-14/h3,5-9,11H,2,4,10H2,1H3,(H2,16,17,20). The maximum absolute atomic E-state index is 5.27. The van der Waals surface area contributed by atoms with E-state index in [9.17, 15) is 0 Å². The van der Waals surface area contributed by atoms with Crippen LogP contribution >= 0.6 is 12.2 Å². The molecule has 0 aliphatic rings. The number of methoxy groups -OCH3 is 1. The van der Waals surface area contributed by atoms with Crippen LogP contribution in [0.2, 0.25) is 0 Å². The maximum atomic E-state index is 5.27. The SMILES string of the molecule is COc1ccc(NC(=S)NCCCc2ccco2)cc1. The molecule has 2 aromatic rings. The summed E-state index contributed by atoms with van der Waals surface area (Å²) in [5.74, 6) is 1.83. The molecule has 0 saturated heterocycles. The Kier molecular flexibility index (Phi) is 5.43. The molecule has 5 heteroatoms. The fraction of sp³-hybridized carbons (Fsp3) is 0.267. The molecule has 106 valence electrons. The van der Waals surface area contributed by atoms with Crippen molar-refractivity contribution in [3.63, 3.8) is 0 Å². The van der Waals surface area contributed by atoms with Gasteiger partial charge in [0, 0.05) is 18.7 Å². The number of nitrogens with one attached hydrogen (secondary N) is 2. The quantitative estimate of drug-likeness (QED) is 0.632. The van der Waals surface area contributed by atoms with E-state index in [1.807, 2.05) is 36.4 Å². The van der Waals surface area contributed by atoms with Crippen LogP contribution in [0.5, 0.6) is 5.75 Å². The molecule has 0 atom stereocenters. The first kappa shape index (κ1) is 14.4. The van der Waals surface area contributed by atoms with Crippen molar-refractivity contribution < 1.29 is 9.15 Å². The molecule has 0 spiro atoms. The zero-order chi connectivity index (χ0) is 14.2. The van der Waals surface area contributed by atoms with Crippen molar-refractivity contribution in [2.45, 2.75) is 12.8 Å². The summed E-state index contributed by atoms with van der Waals surface area (Å²) in [6, 6.07) is 11.5. The lowest BCUT2D eigenvalue weighted by Crippen LogP contribution is -2.29. The molecule has 0 fully saturated rings. The molecule has 1 aromatic heterocycles. The number of benzene rings is 1. The number of hydrogen-bond acceptors (Lipinski definition) is 3. The van der Waals surface area contributed by atoms with E-state index >= 15 is 0 Å². The van der Waals surface area contributed by atoms with E-state index in [2.05, 4.69) is 10.6 Å².